The lowest BCUT2D eigenvalue weighted by Gasteiger charge is -2.22. The van der Waals surface area contributed by atoms with E-state index in [9.17, 15) is 14.9 Å². The molecule has 5 nitrogen and oxygen atoms in total. The lowest BCUT2D eigenvalue weighted by atomic mass is 9.93. The highest BCUT2D eigenvalue weighted by molar-refractivity contribution is 5.79. The number of benzene rings is 3. The quantitative estimate of drug-likeness (QED) is 0.504. The minimum Gasteiger partial charge on any atom is -0.345 e. The number of rotatable bonds is 6. The maximum Gasteiger partial charge on any atom is 0.269 e. The number of hydrogen-bond acceptors (Lipinski definition) is 3. The van der Waals surface area contributed by atoms with E-state index in [1.54, 1.807) is 12.1 Å². The maximum atomic E-state index is 12.7. The number of carbonyl (C=O) groups is 1. The fourth-order valence-electron chi connectivity index (χ4n) is 3.27. The summed E-state index contributed by atoms with van der Waals surface area (Å²) in [6.45, 7) is 4.09. The van der Waals surface area contributed by atoms with Gasteiger partial charge in [-0.05, 0) is 36.1 Å². The van der Waals surface area contributed by atoms with E-state index in [1.165, 1.54) is 17.7 Å². The maximum absolute atomic E-state index is 12.7. The summed E-state index contributed by atoms with van der Waals surface area (Å²) >= 11 is 0. The normalized spacial score (nSPS) is 11.6. The summed E-state index contributed by atoms with van der Waals surface area (Å²) in [4.78, 5) is 23.0. The second kappa shape index (κ2) is 8.48. The van der Waals surface area contributed by atoms with Crippen molar-refractivity contribution < 1.29 is 9.72 Å². The van der Waals surface area contributed by atoms with Crippen molar-refractivity contribution in [1.82, 2.24) is 5.32 Å². The van der Waals surface area contributed by atoms with Crippen LogP contribution >= 0.6 is 0 Å². The number of hydrogen-bond donors (Lipinski definition) is 1. The Labute approximate surface area is 164 Å². The van der Waals surface area contributed by atoms with Gasteiger partial charge in [0, 0.05) is 12.1 Å². The second-order valence-corrected chi connectivity index (χ2v) is 6.87. The third-order valence-electron chi connectivity index (χ3n) is 4.69. The average molecular weight is 374 g/mol. The second-order valence-electron chi connectivity index (χ2n) is 6.87. The molecule has 0 aliphatic heterocycles. The molecule has 3 aromatic carbocycles. The summed E-state index contributed by atoms with van der Waals surface area (Å²) in [6, 6.07) is 21.9. The van der Waals surface area contributed by atoms with Gasteiger partial charge in [0.1, 0.15) is 0 Å². The molecule has 142 valence electrons. The Kier molecular flexibility index (Phi) is 5.84. The van der Waals surface area contributed by atoms with Crippen LogP contribution in [0.1, 0.15) is 33.9 Å². The molecule has 1 amide bonds. The van der Waals surface area contributed by atoms with Crippen molar-refractivity contribution in [2.45, 2.75) is 26.3 Å². The van der Waals surface area contributed by atoms with Gasteiger partial charge in [-0.1, -0.05) is 66.2 Å². The molecular weight excluding hydrogens is 352 g/mol. The average Bonchev–Trinajstić information content (AvgIpc) is 2.68. The van der Waals surface area contributed by atoms with E-state index in [2.05, 4.69) is 17.4 Å². The zero-order chi connectivity index (χ0) is 20.1. The highest BCUT2D eigenvalue weighted by atomic mass is 16.6. The van der Waals surface area contributed by atoms with E-state index in [0.717, 1.165) is 22.3 Å². The van der Waals surface area contributed by atoms with Crippen molar-refractivity contribution >= 4 is 11.6 Å². The van der Waals surface area contributed by atoms with Crippen LogP contribution in [0.15, 0.2) is 72.8 Å². The van der Waals surface area contributed by atoms with Gasteiger partial charge in [0.2, 0.25) is 5.91 Å². The molecule has 0 fully saturated rings. The first-order chi connectivity index (χ1) is 13.4. The topological polar surface area (TPSA) is 72.2 Å². The molecule has 1 N–H and O–H groups in total. The molecule has 0 radical (unpaired) electrons. The molecule has 0 saturated carbocycles. The van der Waals surface area contributed by atoms with Crippen molar-refractivity contribution in [3.8, 4) is 0 Å². The van der Waals surface area contributed by atoms with Crippen molar-refractivity contribution in [2.75, 3.05) is 0 Å². The number of non-ortho nitro benzene ring substituents is 1. The number of nitro groups is 1. The van der Waals surface area contributed by atoms with Crippen LogP contribution in [0.4, 0.5) is 5.69 Å². The van der Waals surface area contributed by atoms with Gasteiger partial charge >= 0.3 is 0 Å². The smallest absolute Gasteiger partial charge is 0.269 e. The number of nitrogens with zero attached hydrogens (tertiary/aromatic N) is 1. The molecular formula is C23H22N2O3. The molecule has 0 bridgehead atoms. The summed E-state index contributed by atoms with van der Waals surface area (Å²) in [5.74, 6) is -0.136. The van der Waals surface area contributed by atoms with Gasteiger partial charge in [0.15, 0.2) is 0 Å². The highest BCUT2D eigenvalue weighted by Crippen LogP contribution is 2.26. The Morgan fingerprint density at radius 1 is 1.00 bits per heavy atom. The Bertz CT molecular complexity index is 982. The molecule has 0 heterocycles. The molecule has 0 aliphatic carbocycles. The van der Waals surface area contributed by atoms with Crippen LogP contribution < -0.4 is 5.32 Å². The van der Waals surface area contributed by atoms with Gasteiger partial charge in [-0.25, -0.2) is 0 Å². The minimum absolute atomic E-state index is 0.0154. The van der Waals surface area contributed by atoms with Crippen LogP contribution in [0.2, 0.25) is 0 Å². The molecule has 3 rings (SSSR count). The fraction of sp³-hybridized carbons (Fsp3) is 0.174. The Morgan fingerprint density at radius 2 is 1.68 bits per heavy atom. The first-order valence-electron chi connectivity index (χ1n) is 9.09. The summed E-state index contributed by atoms with van der Waals surface area (Å²) in [5, 5.41) is 13.9. The van der Waals surface area contributed by atoms with Gasteiger partial charge in [-0.2, -0.15) is 0 Å². The third-order valence-corrected chi connectivity index (χ3v) is 4.69. The zero-order valence-electron chi connectivity index (χ0n) is 15.9. The highest BCUT2D eigenvalue weighted by Gasteiger charge is 2.19. The van der Waals surface area contributed by atoms with Crippen molar-refractivity contribution in [3.63, 3.8) is 0 Å². The summed E-state index contributed by atoms with van der Waals surface area (Å²) < 4.78 is 0. The standard InChI is InChI=1S/C23H22N2O3/c1-16-8-13-21(17(2)14-16)23(19-6-4-3-5-7-19)24-22(26)15-18-9-11-20(12-10-18)25(27)28/h3-14,23H,15H2,1-2H3,(H,24,26). The number of aryl methyl sites for hydroxylation is 2. The van der Waals surface area contributed by atoms with Gasteiger partial charge in [0.05, 0.1) is 17.4 Å². The molecule has 0 saturated heterocycles. The summed E-state index contributed by atoms with van der Waals surface area (Å²) in [6.07, 6.45) is 0.159. The Morgan fingerprint density at radius 3 is 2.29 bits per heavy atom. The Balaban J connectivity index is 1.83. The van der Waals surface area contributed by atoms with Gasteiger partial charge in [0.25, 0.3) is 5.69 Å². The molecule has 0 spiro atoms. The Hall–Kier alpha value is -3.47. The van der Waals surface area contributed by atoms with Gasteiger partial charge < -0.3 is 5.32 Å². The first kappa shape index (κ1) is 19.3. The van der Waals surface area contributed by atoms with Crippen molar-refractivity contribution in [3.05, 3.63) is 111 Å². The van der Waals surface area contributed by atoms with E-state index < -0.39 is 4.92 Å². The largest absolute Gasteiger partial charge is 0.345 e. The predicted octanol–water partition coefficient (Wildman–Crippen LogP) is 4.66. The molecule has 5 heteroatoms. The molecule has 3 aromatic rings. The van der Waals surface area contributed by atoms with Crippen LogP contribution in [0.3, 0.4) is 0 Å². The van der Waals surface area contributed by atoms with Crippen LogP contribution in [-0.2, 0) is 11.2 Å². The van der Waals surface area contributed by atoms with Gasteiger partial charge in [-0.3, -0.25) is 14.9 Å². The lowest BCUT2D eigenvalue weighted by molar-refractivity contribution is -0.384. The first-order valence-corrected chi connectivity index (χ1v) is 9.09. The van der Waals surface area contributed by atoms with Crippen LogP contribution in [0.25, 0.3) is 0 Å². The van der Waals surface area contributed by atoms with E-state index in [0.29, 0.717) is 0 Å². The fourth-order valence-corrected chi connectivity index (χ4v) is 3.27. The number of carbonyl (C=O) groups excluding carboxylic acids is 1. The third kappa shape index (κ3) is 4.62. The van der Waals surface area contributed by atoms with E-state index in [1.807, 2.05) is 50.2 Å². The number of nitro benzene ring substituents is 1. The summed E-state index contributed by atoms with van der Waals surface area (Å²) in [5.41, 5.74) is 5.09. The van der Waals surface area contributed by atoms with Crippen molar-refractivity contribution in [1.29, 1.82) is 0 Å². The zero-order valence-corrected chi connectivity index (χ0v) is 15.9. The SMILES string of the molecule is Cc1ccc(C(NC(=O)Cc2ccc([N+](=O)[O-])cc2)c2ccccc2)c(C)c1. The molecule has 28 heavy (non-hydrogen) atoms. The molecule has 1 atom stereocenters. The molecule has 1 unspecified atom stereocenters. The van der Waals surface area contributed by atoms with E-state index in [-0.39, 0.29) is 24.1 Å². The van der Waals surface area contributed by atoms with Gasteiger partial charge in [-0.15, -0.1) is 0 Å². The van der Waals surface area contributed by atoms with Crippen LogP contribution in [-0.4, -0.2) is 10.8 Å². The number of amides is 1. The monoisotopic (exact) mass is 374 g/mol. The van der Waals surface area contributed by atoms with Crippen LogP contribution in [0.5, 0.6) is 0 Å². The molecule has 0 aliphatic rings. The van der Waals surface area contributed by atoms with Crippen molar-refractivity contribution in [2.24, 2.45) is 0 Å². The summed E-state index contributed by atoms with van der Waals surface area (Å²) in [7, 11) is 0. The predicted molar refractivity (Wildman–Crippen MR) is 109 cm³/mol. The number of nitrogens with one attached hydrogen (secondary N) is 1. The minimum atomic E-state index is -0.449. The van der Waals surface area contributed by atoms with E-state index >= 15 is 0 Å². The molecule has 0 aromatic heterocycles. The van der Waals surface area contributed by atoms with E-state index in [4.69, 9.17) is 0 Å². The van der Waals surface area contributed by atoms with Crippen LogP contribution in [0, 0.1) is 24.0 Å². The lowest BCUT2D eigenvalue weighted by Crippen LogP contribution is -2.31.